The van der Waals surface area contributed by atoms with Gasteiger partial charge in [-0.05, 0) is 18.3 Å². The molecule has 40 heavy (non-hydrogen) atoms. The molecule has 0 N–H and O–H groups in total. The zero-order chi connectivity index (χ0) is 26.6. The summed E-state index contributed by atoms with van der Waals surface area (Å²) in [5, 5.41) is 5.68. The third kappa shape index (κ3) is 6.71. The molecule has 5 aromatic rings. The second kappa shape index (κ2) is 14.5. The number of rotatable bonds is 5. The molecule has 0 nitrogen and oxygen atoms in total. The van der Waals surface area contributed by atoms with Gasteiger partial charge in [-0.1, -0.05) is 92.5 Å². The summed E-state index contributed by atoms with van der Waals surface area (Å²) in [4.78, 5) is 0. The Hall–Kier alpha value is -2.44. The summed E-state index contributed by atoms with van der Waals surface area (Å²) in [7, 11) is 0. The zero-order valence-corrected chi connectivity index (χ0v) is 27.6. The van der Waals surface area contributed by atoms with Crippen molar-refractivity contribution in [2.24, 2.45) is 0 Å². The number of halogens is 2. The van der Waals surface area contributed by atoms with E-state index in [0.29, 0.717) is 11.8 Å². The van der Waals surface area contributed by atoms with E-state index in [1.165, 1.54) is 82.4 Å². The van der Waals surface area contributed by atoms with Crippen LogP contribution in [0.3, 0.4) is 0 Å². The van der Waals surface area contributed by atoms with E-state index in [1.807, 2.05) is 0 Å². The van der Waals surface area contributed by atoms with Crippen LogP contribution in [0, 0.1) is 0 Å². The SMILES string of the molecule is CC(C)c1cc(C(C)C)c2c([cH-]c3ccccc32)c1C1=CC=CC1.[Cl-].[Cl-].[Zr+2]=[C](c1ccccc1)c1ccccc1. The van der Waals surface area contributed by atoms with Crippen LogP contribution in [0.5, 0.6) is 0 Å². The first kappa shape index (κ1) is 32.1. The van der Waals surface area contributed by atoms with Gasteiger partial charge in [-0.2, -0.15) is 0 Å². The van der Waals surface area contributed by atoms with Crippen LogP contribution in [-0.4, -0.2) is 3.21 Å². The first-order chi connectivity index (χ1) is 18.5. The van der Waals surface area contributed by atoms with Gasteiger partial charge in [0.15, 0.2) is 0 Å². The molecule has 0 radical (unpaired) electrons. The van der Waals surface area contributed by atoms with Gasteiger partial charge in [0.05, 0.1) is 0 Å². The third-order valence-corrected chi connectivity index (χ3v) is 8.84. The number of hydrogen-bond donors (Lipinski definition) is 0. The Morgan fingerprint density at radius 3 is 1.80 bits per heavy atom. The van der Waals surface area contributed by atoms with Gasteiger partial charge in [0, 0.05) is 0 Å². The number of benzene rings is 4. The Labute approximate surface area is 266 Å². The monoisotopic (exact) mass is 639 g/mol. The summed E-state index contributed by atoms with van der Waals surface area (Å²) in [6.07, 6.45) is 7.82. The number of hydrogen-bond acceptors (Lipinski definition) is 0. The van der Waals surface area contributed by atoms with Crippen molar-refractivity contribution in [3.05, 3.63) is 143 Å². The summed E-state index contributed by atoms with van der Waals surface area (Å²) >= 11 is 1.46. The minimum absolute atomic E-state index is 0. The predicted molar refractivity (Wildman–Crippen MR) is 163 cm³/mol. The molecule has 3 heteroatoms. The van der Waals surface area contributed by atoms with Gasteiger partial charge in [-0.3, -0.25) is 0 Å². The van der Waals surface area contributed by atoms with E-state index in [-0.39, 0.29) is 24.8 Å². The van der Waals surface area contributed by atoms with Crippen molar-refractivity contribution < 1.29 is 49.0 Å². The van der Waals surface area contributed by atoms with E-state index < -0.39 is 0 Å². The van der Waals surface area contributed by atoms with Gasteiger partial charge in [-0.15, -0.1) is 33.7 Å². The average Bonchev–Trinajstić information content (AvgIpc) is 3.61. The van der Waals surface area contributed by atoms with Crippen LogP contribution in [-0.2, 0) is 24.2 Å². The first-order valence-corrected chi connectivity index (χ1v) is 14.9. The summed E-state index contributed by atoms with van der Waals surface area (Å²) in [5.41, 5.74) is 8.59. The molecule has 0 aliphatic heterocycles. The molecule has 0 fully saturated rings. The van der Waals surface area contributed by atoms with E-state index in [0.717, 1.165) is 6.42 Å². The van der Waals surface area contributed by atoms with Crippen LogP contribution in [0.25, 0.3) is 27.1 Å². The molecule has 0 heterocycles. The Balaban J connectivity index is 0.000000238. The van der Waals surface area contributed by atoms with Crippen molar-refractivity contribution in [2.45, 2.75) is 46.0 Å². The first-order valence-electron chi connectivity index (χ1n) is 13.7. The molecule has 0 saturated carbocycles. The van der Waals surface area contributed by atoms with Crippen LogP contribution in [0.2, 0.25) is 0 Å². The molecule has 5 aromatic carbocycles. The second-order valence-electron chi connectivity index (χ2n) is 10.7. The van der Waals surface area contributed by atoms with Crippen molar-refractivity contribution in [2.75, 3.05) is 0 Å². The maximum atomic E-state index is 2.48. The standard InChI is InChI=1S/C24H25.C13H10.2ClH.Zr/c1-15(2)20-14-21(16(3)4)24-19-12-8-7-11-18(19)13-22(24)23(20)17-9-5-6-10-17;1-3-7-12(8-4-1)11-13-9-5-2-6-10-13;;;/h5-9,11-16H,10H2,1-4H3;1-10H;2*1H;/q-1;;;;+2/p-2. The molecular weight excluding hydrogens is 607 g/mol. The fourth-order valence-electron chi connectivity index (χ4n) is 5.48. The van der Waals surface area contributed by atoms with Crippen LogP contribution < -0.4 is 24.8 Å². The van der Waals surface area contributed by atoms with Crippen molar-refractivity contribution >= 4 is 30.3 Å². The summed E-state index contributed by atoms with van der Waals surface area (Å²) in [6.45, 7) is 9.27. The van der Waals surface area contributed by atoms with Crippen molar-refractivity contribution in [1.82, 2.24) is 0 Å². The van der Waals surface area contributed by atoms with E-state index in [9.17, 15) is 0 Å². The van der Waals surface area contributed by atoms with E-state index in [2.05, 4.69) is 143 Å². The maximum absolute atomic E-state index is 2.48. The van der Waals surface area contributed by atoms with Gasteiger partial charge in [0.2, 0.25) is 0 Å². The van der Waals surface area contributed by atoms with E-state index in [1.54, 1.807) is 0 Å². The van der Waals surface area contributed by atoms with Crippen molar-refractivity contribution in [3.63, 3.8) is 0 Å². The van der Waals surface area contributed by atoms with Gasteiger partial charge < -0.3 is 24.8 Å². The predicted octanol–water partition coefficient (Wildman–Crippen LogP) is 4.11. The molecular formula is C37H35Cl2Zr-. The zero-order valence-electron chi connectivity index (χ0n) is 23.6. The molecule has 0 aromatic heterocycles. The number of allylic oxidation sites excluding steroid dienone is 4. The Kier molecular flexibility index (Phi) is 11.6. The molecule has 0 amide bonds. The topological polar surface area (TPSA) is 0 Å². The van der Waals surface area contributed by atoms with Gasteiger partial charge in [0.25, 0.3) is 0 Å². The third-order valence-electron chi connectivity index (χ3n) is 7.42. The van der Waals surface area contributed by atoms with Crippen molar-refractivity contribution in [1.29, 1.82) is 0 Å². The Bertz CT molecular complexity index is 1600. The molecule has 0 atom stereocenters. The van der Waals surface area contributed by atoms with E-state index in [4.69, 9.17) is 0 Å². The van der Waals surface area contributed by atoms with Crippen LogP contribution in [0.15, 0.2) is 115 Å². The second-order valence-corrected chi connectivity index (χ2v) is 11.9. The van der Waals surface area contributed by atoms with Crippen LogP contribution >= 0.6 is 0 Å². The van der Waals surface area contributed by atoms with Crippen LogP contribution in [0.4, 0.5) is 0 Å². The normalized spacial score (nSPS) is 12.2. The van der Waals surface area contributed by atoms with Gasteiger partial charge >= 0.3 is 99.2 Å². The fourth-order valence-corrected chi connectivity index (χ4v) is 6.30. The Morgan fingerprint density at radius 1 is 0.725 bits per heavy atom. The molecule has 0 saturated heterocycles. The fraction of sp³-hybridized carbons (Fsp3) is 0.189. The molecule has 1 aliphatic carbocycles. The molecule has 0 spiro atoms. The molecule has 6 rings (SSSR count). The van der Waals surface area contributed by atoms with Crippen molar-refractivity contribution in [3.8, 4) is 0 Å². The van der Waals surface area contributed by atoms with Gasteiger partial charge in [-0.25, -0.2) is 0 Å². The molecule has 1 aliphatic rings. The molecule has 202 valence electrons. The van der Waals surface area contributed by atoms with Gasteiger partial charge in [0.1, 0.15) is 0 Å². The molecule has 0 bridgehead atoms. The summed E-state index contributed by atoms with van der Waals surface area (Å²) in [5.74, 6) is 1.06. The molecule has 0 unspecified atom stereocenters. The minimum atomic E-state index is 0. The van der Waals surface area contributed by atoms with E-state index >= 15 is 0 Å². The number of fused-ring (bicyclic) bond motifs is 3. The Morgan fingerprint density at radius 2 is 1.27 bits per heavy atom. The summed E-state index contributed by atoms with van der Waals surface area (Å²) in [6, 6.07) is 34.8. The average molecular weight is 642 g/mol. The quantitative estimate of drug-likeness (QED) is 0.254. The summed E-state index contributed by atoms with van der Waals surface area (Å²) < 4.78 is 1.42. The van der Waals surface area contributed by atoms with Crippen LogP contribution in [0.1, 0.15) is 73.8 Å².